The van der Waals surface area contributed by atoms with E-state index in [1.165, 1.54) is 24.8 Å². The van der Waals surface area contributed by atoms with Gasteiger partial charge in [-0.05, 0) is 68.2 Å². The van der Waals surface area contributed by atoms with Crippen molar-refractivity contribution in [3.63, 3.8) is 0 Å². The molecule has 0 bridgehead atoms. The van der Waals surface area contributed by atoms with Crippen molar-refractivity contribution in [3.05, 3.63) is 59.7 Å². The summed E-state index contributed by atoms with van der Waals surface area (Å²) in [5.74, 6) is 1.73. The number of nitrogens with one attached hydrogen (secondary N) is 1. The Morgan fingerprint density at radius 1 is 1.07 bits per heavy atom. The number of hydrogen-bond acceptors (Lipinski definition) is 4. The van der Waals surface area contributed by atoms with E-state index in [9.17, 15) is 4.79 Å². The summed E-state index contributed by atoms with van der Waals surface area (Å²) >= 11 is 0. The number of ether oxygens (including phenoxy) is 2. The van der Waals surface area contributed by atoms with E-state index in [1.807, 2.05) is 43.3 Å². The molecule has 0 aliphatic carbocycles. The van der Waals surface area contributed by atoms with Crippen LogP contribution in [0.3, 0.4) is 0 Å². The lowest BCUT2D eigenvalue weighted by molar-refractivity contribution is -0.120. The Hall–Kier alpha value is -2.53. The zero-order valence-electron chi connectivity index (χ0n) is 17.5. The monoisotopic (exact) mass is 396 g/mol. The fourth-order valence-electron chi connectivity index (χ4n) is 3.87. The van der Waals surface area contributed by atoms with Crippen molar-refractivity contribution in [2.75, 3.05) is 33.4 Å². The molecule has 1 amide bonds. The third kappa shape index (κ3) is 6.23. The van der Waals surface area contributed by atoms with Crippen LogP contribution in [0.1, 0.15) is 43.4 Å². The van der Waals surface area contributed by atoms with Gasteiger partial charge >= 0.3 is 0 Å². The van der Waals surface area contributed by atoms with Gasteiger partial charge in [0.15, 0.2) is 0 Å². The van der Waals surface area contributed by atoms with E-state index in [1.54, 1.807) is 7.11 Å². The Bertz CT molecular complexity index is 770. The third-order valence-corrected chi connectivity index (χ3v) is 5.40. The van der Waals surface area contributed by atoms with Crippen LogP contribution in [-0.2, 0) is 11.2 Å². The SMILES string of the molecule is CCOc1ccc(CC(=O)NCC(c2cccc(OC)c2)N2CCCCC2)cc1. The van der Waals surface area contributed by atoms with E-state index in [4.69, 9.17) is 9.47 Å². The van der Waals surface area contributed by atoms with Gasteiger partial charge in [0.25, 0.3) is 0 Å². The molecule has 0 radical (unpaired) electrons. The molecule has 0 aromatic heterocycles. The van der Waals surface area contributed by atoms with E-state index in [2.05, 4.69) is 22.3 Å². The first kappa shape index (κ1) is 21.2. The maximum Gasteiger partial charge on any atom is 0.224 e. The highest BCUT2D eigenvalue weighted by Gasteiger charge is 2.23. The van der Waals surface area contributed by atoms with E-state index in [0.29, 0.717) is 19.6 Å². The molecule has 0 spiro atoms. The second kappa shape index (κ2) is 10.9. The number of methoxy groups -OCH3 is 1. The molecule has 0 saturated carbocycles. The average molecular weight is 397 g/mol. The maximum absolute atomic E-state index is 12.6. The first-order valence-corrected chi connectivity index (χ1v) is 10.6. The minimum atomic E-state index is 0.0408. The molecule has 2 aromatic rings. The van der Waals surface area contributed by atoms with Gasteiger partial charge in [-0.25, -0.2) is 0 Å². The number of amides is 1. The van der Waals surface area contributed by atoms with Crippen molar-refractivity contribution in [3.8, 4) is 11.5 Å². The van der Waals surface area contributed by atoms with E-state index < -0.39 is 0 Å². The molecule has 1 unspecified atom stereocenters. The summed E-state index contributed by atoms with van der Waals surface area (Å²) in [6, 6.07) is 16.1. The number of benzene rings is 2. The Morgan fingerprint density at radius 2 is 1.83 bits per heavy atom. The van der Waals surface area contributed by atoms with Crippen LogP contribution in [0.4, 0.5) is 0 Å². The predicted molar refractivity (Wildman–Crippen MR) is 115 cm³/mol. The molecule has 2 aromatic carbocycles. The van der Waals surface area contributed by atoms with E-state index >= 15 is 0 Å². The van der Waals surface area contributed by atoms with Gasteiger partial charge in [-0.2, -0.15) is 0 Å². The Labute approximate surface area is 174 Å². The highest BCUT2D eigenvalue weighted by molar-refractivity contribution is 5.78. The summed E-state index contributed by atoms with van der Waals surface area (Å²) in [6.07, 6.45) is 4.07. The first-order valence-electron chi connectivity index (χ1n) is 10.6. The van der Waals surface area contributed by atoms with Crippen molar-refractivity contribution >= 4 is 5.91 Å². The molecule has 5 heteroatoms. The molecule has 5 nitrogen and oxygen atoms in total. The molecule has 1 saturated heterocycles. The van der Waals surface area contributed by atoms with Gasteiger partial charge in [0, 0.05) is 6.54 Å². The fourth-order valence-corrected chi connectivity index (χ4v) is 3.87. The zero-order valence-corrected chi connectivity index (χ0v) is 17.5. The third-order valence-electron chi connectivity index (χ3n) is 5.40. The lowest BCUT2D eigenvalue weighted by atomic mass is 10.0. The lowest BCUT2D eigenvalue weighted by Gasteiger charge is -2.35. The van der Waals surface area contributed by atoms with Gasteiger partial charge < -0.3 is 14.8 Å². The second-order valence-corrected chi connectivity index (χ2v) is 7.45. The van der Waals surface area contributed by atoms with Crippen LogP contribution >= 0.6 is 0 Å². The van der Waals surface area contributed by atoms with Gasteiger partial charge in [0.1, 0.15) is 11.5 Å². The molecule has 1 heterocycles. The van der Waals surface area contributed by atoms with Crippen molar-refractivity contribution in [2.45, 2.75) is 38.6 Å². The van der Waals surface area contributed by atoms with Crippen LogP contribution < -0.4 is 14.8 Å². The maximum atomic E-state index is 12.6. The second-order valence-electron chi connectivity index (χ2n) is 7.45. The quantitative estimate of drug-likeness (QED) is 0.697. The van der Waals surface area contributed by atoms with Crippen molar-refractivity contribution < 1.29 is 14.3 Å². The van der Waals surface area contributed by atoms with Crippen LogP contribution in [0.2, 0.25) is 0 Å². The summed E-state index contributed by atoms with van der Waals surface area (Å²) in [6.45, 7) is 5.33. The van der Waals surface area contributed by atoms with Gasteiger partial charge in [0.2, 0.25) is 5.91 Å². The fraction of sp³-hybridized carbons (Fsp3) is 0.458. The Balaban J connectivity index is 1.63. The van der Waals surface area contributed by atoms with Crippen LogP contribution in [0.25, 0.3) is 0 Å². The zero-order chi connectivity index (χ0) is 20.5. The summed E-state index contributed by atoms with van der Waals surface area (Å²) in [5, 5.41) is 3.15. The Morgan fingerprint density at radius 3 is 2.52 bits per heavy atom. The lowest BCUT2D eigenvalue weighted by Crippen LogP contribution is -2.41. The number of hydrogen-bond donors (Lipinski definition) is 1. The standard InChI is InChI=1S/C24H32N2O3/c1-3-29-21-12-10-19(11-13-21)16-24(27)25-18-23(26-14-5-4-6-15-26)20-8-7-9-22(17-20)28-2/h7-13,17,23H,3-6,14-16,18H2,1-2H3,(H,25,27). The van der Waals surface area contributed by atoms with Gasteiger partial charge in [0.05, 0.1) is 26.2 Å². The number of nitrogens with zero attached hydrogens (tertiary/aromatic N) is 1. The molecule has 1 N–H and O–H groups in total. The van der Waals surface area contributed by atoms with Gasteiger partial charge in [-0.15, -0.1) is 0 Å². The topological polar surface area (TPSA) is 50.8 Å². The molecule has 156 valence electrons. The van der Waals surface area contributed by atoms with Crippen molar-refractivity contribution in [1.29, 1.82) is 0 Å². The van der Waals surface area contributed by atoms with Crippen LogP contribution in [0.5, 0.6) is 11.5 Å². The summed E-state index contributed by atoms with van der Waals surface area (Å²) in [7, 11) is 1.69. The minimum Gasteiger partial charge on any atom is -0.497 e. The van der Waals surface area contributed by atoms with Crippen molar-refractivity contribution in [2.24, 2.45) is 0 Å². The summed E-state index contributed by atoms with van der Waals surface area (Å²) in [4.78, 5) is 15.1. The molecule has 1 aliphatic rings. The number of carbonyl (C=O) groups is 1. The van der Waals surface area contributed by atoms with E-state index in [-0.39, 0.29) is 11.9 Å². The minimum absolute atomic E-state index is 0.0408. The van der Waals surface area contributed by atoms with Crippen molar-refractivity contribution in [1.82, 2.24) is 10.2 Å². The van der Waals surface area contributed by atoms with Gasteiger partial charge in [-0.3, -0.25) is 9.69 Å². The van der Waals surface area contributed by atoms with Gasteiger partial charge in [-0.1, -0.05) is 30.7 Å². The predicted octanol–water partition coefficient (Wildman–Crippen LogP) is 3.98. The van der Waals surface area contributed by atoms with Crippen LogP contribution in [0, 0.1) is 0 Å². The molecule has 3 rings (SSSR count). The summed E-state index contributed by atoms with van der Waals surface area (Å²) < 4.78 is 10.9. The largest absolute Gasteiger partial charge is 0.497 e. The molecule has 1 atom stereocenters. The highest BCUT2D eigenvalue weighted by Crippen LogP contribution is 2.26. The highest BCUT2D eigenvalue weighted by atomic mass is 16.5. The number of piperidine rings is 1. The van der Waals surface area contributed by atoms with Crippen LogP contribution in [-0.4, -0.2) is 44.2 Å². The number of rotatable bonds is 9. The van der Waals surface area contributed by atoms with E-state index in [0.717, 1.165) is 30.2 Å². The van der Waals surface area contributed by atoms with Crippen LogP contribution in [0.15, 0.2) is 48.5 Å². The summed E-state index contributed by atoms with van der Waals surface area (Å²) in [5.41, 5.74) is 2.18. The number of likely N-dealkylation sites (tertiary alicyclic amines) is 1. The molecular formula is C24H32N2O3. The smallest absolute Gasteiger partial charge is 0.224 e. The number of carbonyl (C=O) groups excluding carboxylic acids is 1. The Kier molecular flexibility index (Phi) is 7.94. The molecule has 1 fully saturated rings. The average Bonchev–Trinajstić information content (AvgIpc) is 2.76. The molecule has 1 aliphatic heterocycles. The molecule has 29 heavy (non-hydrogen) atoms. The normalized spacial score (nSPS) is 15.5. The molecular weight excluding hydrogens is 364 g/mol. The first-order chi connectivity index (χ1) is 14.2.